The number of nitriles is 1. The second-order valence-electron chi connectivity index (χ2n) is 19.3. The van der Waals surface area contributed by atoms with E-state index in [2.05, 4.69) is 74.6 Å². The number of rotatable bonds is 14. The Morgan fingerprint density at radius 1 is 0.928 bits per heavy atom. The smallest absolute Gasteiger partial charge is 0.274 e. The quantitative estimate of drug-likeness (QED) is 0.0946. The van der Waals surface area contributed by atoms with Gasteiger partial charge in [-0.15, -0.1) is 0 Å². The second kappa shape index (κ2) is 18.7. The van der Waals surface area contributed by atoms with E-state index in [-0.39, 0.29) is 41.6 Å². The molecule has 3 N–H and O–H groups in total. The molecule has 3 aromatic heterocycles. The third-order valence-electron chi connectivity index (χ3n) is 13.8. The number of carbonyl (C=O) groups is 1. The van der Waals surface area contributed by atoms with E-state index < -0.39 is 20.9 Å². The van der Waals surface area contributed by atoms with E-state index in [4.69, 9.17) is 25.8 Å². The number of piperidine rings is 1. The van der Waals surface area contributed by atoms with Crippen LogP contribution in [0.5, 0.6) is 17.2 Å². The molecular weight excluding hydrogens is 918 g/mol. The van der Waals surface area contributed by atoms with E-state index in [0.29, 0.717) is 67.1 Å². The van der Waals surface area contributed by atoms with Gasteiger partial charge in [0.25, 0.3) is 11.5 Å². The van der Waals surface area contributed by atoms with Gasteiger partial charge >= 0.3 is 0 Å². The first kappa shape index (κ1) is 47.5. The summed E-state index contributed by atoms with van der Waals surface area (Å²) >= 11 is 6.26. The molecule has 1 atom stereocenters. The fourth-order valence-corrected chi connectivity index (χ4v) is 11.3. The number of nitrogens with zero attached hydrogens (tertiary/aromatic N) is 6. The van der Waals surface area contributed by atoms with Crippen LogP contribution in [-0.2, 0) is 21.8 Å². The summed E-state index contributed by atoms with van der Waals surface area (Å²) in [6.45, 7) is 12.8. The maximum atomic E-state index is 13.5. The molecule has 3 fully saturated rings. The summed E-state index contributed by atoms with van der Waals surface area (Å²) in [5.74, 6) is 1.93. The van der Waals surface area contributed by atoms with Crippen LogP contribution in [0.1, 0.15) is 69.8 Å². The van der Waals surface area contributed by atoms with Gasteiger partial charge in [0, 0.05) is 115 Å². The first-order valence-corrected chi connectivity index (χ1v) is 25.2. The van der Waals surface area contributed by atoms with Gasteiger partial charge in [0.2, 0.25) is 16.0 Å². The van der Waals surface area contributed by atoms with Crippen LogP contribution >= 0.6 is 11.6 Å². The molecule has 5 heterocycles. The highest BCUT2D eigenvalue weighted by Crippen LogP contribution is 2.55. The monoisotopic (exact) mass is 973 g/mol. The number of aromatic nitrogens is 4. The molecule has 0 bridgehead atoms. The topological polar surface area (TPSA) is 197 Å². The minimum absolute atomic E-state index is 0.0571. The van der Waals surface area contributed by atoms with E-state index in [1.807, 2.05) is 24.3 Å². The van der Waals surface area contributed by atoms with Crippen LogP contribution in [0, 0.1) is 22.2 Å². The van der Waals surface area contributed by atoms with Crippen molar-refractivity contribution in [2.24, 2.45) is 17.9 Å². The Labute approximate surface area is 406 Å². The number of aryl methyl sites for hydroxylation is 1. The summed E-state index contributed by atoms with van der Waals surface area (Å²) < 4.78 is 48.8. The van der Waals surface area contributed by atoms with Crippen molar-refractivity contribution in [3.8, 4) is 34.4 Å². The molecule has 3 aromatic carbocycles. The number of halogens is 1. The number of benzene rings is 3. The molecule has 2 aliphatic heterocycles. The van der Waals surface area contributed by atoms with Crippen LogP contribution in [0.2, 0.25) is 5.02 Å². The van der Waals surface area contributed by atoms with Crippen LogP contribution in [0.4, 0.5) is 17.3 Å². The van der Waals surface area contributed by atoms with Crippen molar-refractivity contribution in [2.75, 3.05) is 46.5 Å². The molecule has 2 saturated heterocycles. The third kappa shape index (κ3) is 9.57. The van der Waals surface area contributed by atoms with Gasteiger partial charge in [-0.1, -0.05) is 45.4 Å². The van der Waals surface area contributed by atoms with Gasteiger partial charge in [-0.2, -0.15) is 5.26 Å². The molecule has 0 radical (unpaired) electrons. The SMILES string of the molecule is CCS(=O)(=O)Nc1ccc(Oc2cccc(N3CCC(OC4CCN(c5ncc(C(=O)NC6C(C)(C)C(Oc7ccc(C#N)c(Cl)c7)C6(C)C)cn5)CC4)C3)c2)c(-c2cn(C)c(=O)c3[nH]ccc23)c1. The Balaban J connectivity index is 0.784. The maximum absolute atomic E-state index is 13.5. The lowest BCUT2D eigenvalue weighted by atomic mass is 9.49. The number of ether oxygens (including phenoxy) is 3. The third-order valence-corrected chi connectivity index (χ3v) is 15.4. The van der Waals surface area contributed by atoms with E-state index in [9.17, 15) is 23.3 Å². The molecule has 3 aliphatic rings. The highest BCUT2D eigenvalue weighted by atomic mass is 35.5. The van der Waals surface area contributed by atoms with Crippen molar-refractivity contribution >= 4 is 55.8 Å². The predicted molar refractivity (Wildman–Crippen MR) is 267 cm³/mol. The normalized spacial score (nSPS) is 20.0. The Morgan fingerprint density at radius 2 is 1.65 bits per heavy atom. The van der Waals surface area contributed by atoms with Crippen molar-refractivity contribution in [1.29, 1.82) is 5.26 Å². The highest BCUT2D eigenvalue weighted by Gasteiger charge is 2.64. The summed E-state index contributed by atoms with van der Waals surface area (Å²) in [6.07, 6.45) is 9.07. The molecule has 16 nitrogen and oxygen atoms in total. The van der Waals surface area contributed by atoms with Crippen LogP contribution in [0.25, 0.3) is 22.0 Å². The summed E-state index contributed by atoms with van der Waals surface area (Å²) in [5, 5.41) is 13.5. The zero-order valence-corrected chi connectivity index (χ0v) is 41.0. The molecule has 9 rings (SSSR count). The second-order valence-corrected chi connectivity index (χ2v) is 21.7. The molecule has 6 aromatic rings. The molecule has 1 saturated carbocycles. The average Bonchev–Trinajstić information content (AvgIpc) is 4.03. The standard InChI is InChI=1S/C51H56ClN9O7S/c1-7-69(64,65)58-33-12-14-43(40(23-33)41-30-59(6)46(63)44-39(41)15-19-54-44)67-36-10-8-9-34(24-36)61-22-18-38(29-61)66-35-16-20-60(21-17-35)49-55-27-32(28-56-49)45(62)57-47-50(2,3)48(51(47,4)5)68-37-13-11-31(26-53)42(52)25-37/h8-15,19,23-25,27-28,30,35,38,47-48,54,58H,7,16-18,20-22,29H2,1-6H3,(H,57,62). The van der Waals surface area contributed by atoms with E-state index in [1.54, 1.807) is 75.2 Å². The van der Waals surface area contributed by atoms with Crippen molar-refractivity contribution in [2.45, 2.75) is 78.2 Å². The number of H-pyrrole nitrogens is 1. The first-order valence-electron chi connectivity index (χ1n) is 23.2. The lowest BCUT2D eigenvalue weighted by molar-refractivity contribution is -0.164. The van der Waals surface area contributed by atoms with Gasteiger partial charge in [-0.05, 0) is 74.7 Å². The number of amides is 1. The Morgan fingerprint density at radius 3 is 2.36 bits per heavy atom. The fourth-order valence-electron chi connectivity index (χ4n) is 10.4. The molecule has 1 aliphatic carbocycles. The first-order chi connectivity index (χ1) is 32.9. The van der Waals surface area contributed by atoms with Crippen molar-refractivity contribution in [3.05, 3.63) is 118 Å². The number of carbonyl (C=O) groups excluding carboxylic acids is 1. The molecule has 1 unspecified atom stereocenters. The average molecular weight is 975 g/mol. The molecule has 18 heteroatoms. The Hall–Kier alpha value is -6.61. The number of anilines is 3. The molecule has 69 heavy (non-hydrogen) atoms. The molecule has 0 spiro atoms. The summed E-state index contributed by atoms with van der Waals surface area (Å²) in [6, 6.07) is 21.8. The highest BCUT2D eigenvalue weighted by molar-refractivity contribution is 7.92. The van der Waals surface area contributed by atoms with Gasteiger partial charge in [-0.25, -0.2) is 18.4 Å². The van der Waals surface area contributed by atoms with Crippen molar-refractivity contribution in [3.63, 3.8) is 0 Å². The van der Waals surface area contributed by atoms with E-state index in [1.165, 1.54) is 4.57 Å². The summed E-state index contributed by atoms with van der Waals surface area (Å²) in [5.41, 5.74) is 2.94. The van der Waals surface area contributed by atoms with Crippen LogP contribution in [0.15, 0.2) is 96.3 Å². The number of pyridine rings is 1. The van der Waals surface area contributed by atoms with E-state index >= 15 is 0 Å². The number of hydrogen-bond acceptors (Lipinski definition) is 12. The lowest BCUT2D eigenvalue weighted by Crippen LogP contribution is -2.74. The van der Waals surface area contributed by atoms with Crippen LogP contribution < -0.4 is 34.9 Å². The van der Waals surface area contributed by atoms with Gasteiger partial charge in [0.05, 0.1) is 34.1 Å². The molecule has 360 valence electrons. The number of hydrogen-bond donors (Lipinski definition) is 3. The lowest BCUT2D eigenvalue weighted by Gasteiger charge is -2.63. The number of fused-ring (bicyclic) bond motifs is 1. The van der Waals surface area contributed by atoms with Crippen molar-refractivity contribution in [1.82, 2.24) is 24.8 Å². The number of aromatic amines is 1. The van der Waals surface area contributed by atoms with Crippen molar-refractivity contribution < 1.29 is 27.4 Å². The number of sulfonamides is 1. The van der Waals surface area contributed by atoms with Gasteiger partial charge in [-0.3, -0.25) is 14.3 Å². The predicted octanol–water partition coefficient (Wildman–Crippen LogP) is 8.28. The fraction of sp³-hybridized carbons (Fsp3) is 0.392. The molecule has 1 amide bonds. The summed E-state index contributed by atoms with van der Waals surface area (Å²) in [7, 11) is -1.87. The zero-order valence-electron chi connectivity index (χ0n) is 39.5. The van der Waals surface area contributed by atoms with Gasteiger partial charge in [0.15, 0.2) is 0 Å². The zero-order chi connectivity index (χ0) is 48.8. The van der Waals surface area contributed by atoms with Gasteiger partial charge < -0.3 is 38.9 Å². The van der Waals surface area contributed by atoms with Gasteiger partial charge in [0.1, 0.15) is 34.9 Å². The largest absolute Gasteiger partial charge is 0.489 e. The Bertz CT molecular complexity index is 3110. The number of nitrogens with one attached hydrogen (secondary N) is 3. The minimum Gasteiger partial charge on any atom is -0.489 e. The Kier molecular flexibility index (Phi) is 12.9. The maximum Gasteiger partial charge on any atom is 0.274 e. The summed E-state index contributed by atoms with van der Waals surface area (Å²) in [4.78, 5) is 43.1. The van der Waals surface area contributed by atoms with Crippen LogP contribution in [-0.4, -0.2) is 90.1 Å². The minimum atomic E-state index is -3.55. The molecular formula is C51H56ClN9O7S. The van der Waals surface area contributed by atoms with E-state index in [0.717, 1.165) is 51.1 Å². The van der Waals surface area contributed by atoms with Crippen LogP contribution in [0.3, 0.4) is 0 Å².